The Bertz CT molecular complexity index is 956. The third-order valence-electron chi connectivity index (χ3n) is 3.93. The maximum absolute atomic E-state index is 11.6. The minimum atomic E-state index is -0.514. The Morgan fingerprint density at radius 1 is 0.923 bits per heavy atom. The van der Waals surface area contributed by atoms with Crippen LogP contribution < -0.4 is 10.6 Å². The van der Waals surface area contributed by atoms with E-state index in [4.69, 9.17) is 0 Å². The number of nitro groups is 1. The molecule has 0 radical (unpaired) electrons. The van der Waals surface area contributed by atoms with Gasteiger partial charge in [-0.3, -0.25) is 10.1 Å². The van der Waals surface area contributed by atoms with Crippen LogP contribution >= 0.6 is 0 Å². The van der Waals surface area contributed by atoms with E-state index < -0.39 is 4.92 Å². The zero-order valence-electron chi connectivity index (χ0n) is 14.6. The molecule has 2 N–H and O–H groups in total. The minimum absolute atomic E-state index is 0.0766. The van der Waals surface area contributed by atoms with Gasteiger partial charge >= 0.3 is 5.69 Å². The van der Waals surface area contributed by atoms with Crippen LogP contribution in [0.1, 0.15) is 16.7 Å². The lowest BCUT2D eigenvalue weighted by Crippen LogP contribution is -2.06. The van der Waals surface area contributed by atoms with Gasteiger partial charge in [0, 0.05) is 11.9 Å². The highest BCUT2D eigenvalue weighted by atomic mass is 16.6. The zero-order chi connectivity index (χ0) is 18.7. The van der Waals surface area contributed by atoms with E-state index in [0.29, 0.717) is 11.5 Å². The van der Waals surface area contributed by atoms with E-state index in [0.717, 1.165) is 16.7 Å². The maximum atomic E-state index is 11.6. The molecule has 3 aromatic rings. The lowest BCUT2D eigenvalue weighted by Gasteiger charge is -2.11. The molecule has 26 heavy (non-hydrogen) atoms. The molecule has 0 bridgehead atoms. The summed E-state index contributed by atoms with van der Waals surface area (Å²) in [7, 11) is 0. The van der Waals surface area contributed by atoms with Crippen molar-refractivity contribution in [3.05, 3.63) is 69.7 Å². The second-order valence-corrected chi connectivity index (χ2v) is 5.95. The number of aryl methyl sites for hydroxylation is 3. The van der Waals surface area contributed by atoms with Crippen LogP contribution in [0.3, 0.4) is 0 Å². The molecule has 3 rings (SSSR count). The molecule has 0 fully saturated rings. The highest BCUT2D eigenvalue weighted by Gasteiger charge is 2.23. The van der Waals surface area contributed by atoms with Gasteiger partial charge < -0.3 is 10.6 Å². The van der Waals surface area contributed by atoms with Gasteiger partial charge in [-0.25, -0.2) is 15.0 Å². The molecule has 0 aliphatic heterocycles. The van der Waals surface area contributed by atoms with Gasteiger partial charge in [0.1, 0.15) is 12.1 Å². The smallest absolute Gasteiger partial charge is 0.334 e. The molecule has 2 aromatic heterocycles. The molecule has 8 nitrogen and oxygen atoms in total. The highest BCUT2D eigenvalue weighted by molar-refractivity contribution is 5.76. The molecule has 0 atom stereocenters. The van der Waals surface area contributed by atoms with Crippen LogP contribution in [0.25, 0.3) is 0 Å². The first-order valence-corrected chi connectivity index (χ1v) is 7.97. The summed E-state index contributed by atoms with van der Waals surface area (Å²) in [5, 5.41) is 17.5. The average molecular weight is 350 g/mol. The summed E-state index contributed by atoms with van der Waals surface area (Å²) >= 11 is 0. The van der Waals surface area contributed by atoms with Crippen LogP contribution in [-0.2, 0) is 0 Å². The molecule has 0 aliphatic rings. The molecular weight excluding hydrogens is 332 g/mol. The number of aromatic nitrogens is 3. The summed E-state index contributed by atoms with van der Waals surface area (Å²) in [5.41, 5.74) is 3.68. The second kappa shape index (κ2) is 7.14. The third kappa shape index (κ3) is 3.75. The molecule has 2 heterocycles. The van der Waals surface area contributed by atoms with Gasteiger partial charge in [-0.1, -0.05) is 12.1 Å². The molecular formula is C18H18N6O2. The lowest BCUT2D eigenvalue weighted by molar-refractivity contribution is -0.383. The molecule has 0 spiro atoms. The summed E-state index contributed by atoms with van der Waals surface area (Å²) in [5.74, 6) is 0.657. The number of hydrogen-bond acceptors (Lipinski definition) is 7. The first-order chi connectivity index (χ1) is 12.4. The maximum Gasteiger partial charge on any atom is 0.353 e. The Balaban J connectivity index is 1.96. The van der Waals surface area contributed by atoms with Crippen LogP contribution in [0.4, 0.5) is 28.8 Å². The average Bonchev–Trinajstić information content (AvgIpc) is 2.60. The number of hydrogen-bond donors (Lipinski definition) is 2. The monoisotopic (exact) mass is 350 g/mol. The Morgan fingerprint density at radius 2 is 1.65 bits per heavy atom. The SMILES string of the molecule is Cc1ccc(Nc2ncnc(Nc3ccc(C)c(C)c3)c2[N+](=O)[O-])nc1. The topological polar surface area (TPSA) is 106 Å². The number of rotatable bonds is 5. The molecule has 132 valence electrons. The van der Waals surface area contributed by atoms with E-state index in [1.54, 1.807) is 12.3 Å². The van der Waals surface area contributed by atoms with Gasteiger partial charge in [-0.2, -0.15) is 0 Å². The van der Waals surface area contributed by atoms with Gasteiger partial charge in [0.05, 0.1) is 4.92 Å². The van der Waals surface area contributed by atoms with Gasteiger partial charge in [-0.15, -0.1) is 0 Å². The van der Waals surface area contributed by atoms with Crippen molar-refractivity contribution < 1.29 is 4.92 Å². The molecule has 0 amide bonds. The Labute approximate surface area is 150 Å². The molecule has 0 unspecified atom stereocenters. The Hall–Kier alpha value is -3.55. The van der Waals surface area contributed by atoms with Crippen molar-refractivity contribution in [1.82, 2.24) is 15.0 Å². The van der Waals surface area contributed by atoms with Crippen LogP contribution in [0, 0.1) is 30.9 Å². The highest BCUT2D eigenvalue weighted by Crippen LogP contribution is 2.32. The number of anilines is 4. The zero-order valence-corrected chi connectivity index (χ0v) is 14.6. The van der Waals surface area contributed by atoms with E-state index in [9.17, 15) is 10.1 Å². The van der Waals surface area contributed by atoms with Crippen molar-refractivity contribution in [3.8, 4) is 0 Å². The number of nitrogens with zero attached hydrogens (tertiary/aromatic N) is 4. The van der Waals surface area contributed by atoms with E-state index in [1.165, 1.54) is 6.33 Å². The largest absolute Gasteiger partial charge is 0.353 e. The summed E-state index contributed by atoms with van der Waals surface area (Å²) in [6.45, 7) is 5.89. The van der Waals surface area contributed by atoms with Gasteiger partial charge in [0.2, 0.25) is 11.6 Å². The first-order valence-electron chi connectivity index (χ1n) is 7.97. The quantitative estimate of drug-likeness (QED) is 0.525. The lowest BCUT2D eigenvalue weighted by atomic mass is 10.1. The van der Waals surface area contributed by atoms with E-state index in [-0.39, 0.29) is 17.3 Å². The normalized spacial score (nSPS) is 10.4. The summed E-state index contributed by atoms with van der Waals surface area (Å²) in [6.07, 6.45) is 2.94. The Kier molecular flexibility index (Phi) is 4.74. The number of pyridine rings is 1. The molecule has 8 heteroatoms. The fourth-order valence-corrected chi connectivity index (χ4v) is 2.35. The van der Waals surface area contributed by atoms with Crippen LogP contribution in [-0.4, -0.2) is 19.9 Å². The second-order valence-electron chi connectivity index (χ2n) is 5.95. The van der Waals surface area contributed by atoms with Gasteiger partial charge in [0.15, 0.2) is 0 Å². The number of nitrogens with one attached hydrogen (secondary N) is 2. The van der Waals surface area contributed by atoms with Crippen molar-refractivity contribution in [2.45, 2.75) is 20.8 Å². The molecule has 0 aliphatic carbocycles. The minimum Gasteiger partial charge on any atom is -0.334 e. The molecule has 0 saturated heterocycles. The first kappa shape index (κ1) is 17.3. The summed E-state index contributed by atoms with van der Waals surface area (Å²) < 4.78 is 0. The predicted molar refractivity (Wildman–Crippen MR) is 100 cm³/mol. The summed E-state index contributed by atoms with van der Waals surface area (Å²) in [6, 6.07) is 9.30. The standard InChI is InChI=1S/C18H18N6O2/c1-11-4-7-15(19-9-11)23-18-16(24(25)26)17(20-10-21-18)22-14-6-5-12(2)13(3)8-14/h4-10H,1-3H3,(H2,19,20,21,22,23). The van der Waals surface area contributed by atoms with Crippen LogP contribution in [0.2, 0.25) is 0 Å². The van der Waals surface area contributed by atoms with Gasteiger partial charge in [0.25, 0.3) is 0 Å². The molecule has 0 saturated carbocycles. The third-order valence-corrected chi connectivity index (χ3v) is 3.93. The van der Waals surface area contributed by atoms with Crippen molar-refractivity contribution in [1.29, 1.82) is 0 Å². The molecule has 1 aromatic carbocycles. The van der Waals surface area contributed by atoms with Crippen molar-refractivity contribution in [2.75, 3.05) is 10.6 Å². The Morgan fingerprint density at radius 3 is 2.27 bits per heavy atom. The fraction of sp³-hybridized carbons (Fsp3) is 0.167. The predicted octanol–water partition coefficient (Wildman–Crippen LogP) is 4.19. The van der Waals surface area contributed by atoms with Gasteiger partial charge in [-0.05, 0) is 55.7 Å². The van der Waals surface area contributed by atoms with E-state index in [2.05, 4.69) is 25.6 Å². The van der Waals surface area contributed by atoms with Crippen molar-refractivity contribution in [2.24, 2.45) is 0 Å². The van der Waals surface area contributed by atoms with Crippen molar-refractivity contribution in [3.63, 3.8) is 0 Å². The van der Waals surface area contributed by atoms with E-state index in [1.807, 2.05) is 45.0 Å². The van der Waals surface area contributed by atoms with Crippen LogP contribution in [0.5, 0.6) is 0 Å². The van der Waals surface area contributed by atoms with Crippen LogP contribution in [0.15, 0.2) is 42.9 Å². The van der Waals surface area contributed by atoms with E-state index >= 15 is 0 Å². The fourth-order valence-electron chi connectivity index (χ4n) is 2.35. The van der Waals surface area contributed by atoms with Crippen molar-refractivity contribution >= 4 is 28.8 Å². The summed E-state index contributed by atoms with van der Waals surface area (Å²) in [4.78, 5) is 23.4. The number of benzene rings is 1.